The van der Waals surface area contributed by atoms with Gasteiger partial charge in [-0.3, -0.25) is 9.69 Å². The average molecular weight is 390 g/mol. The van der Waals surface area contributed by atoms with Gasteiger partial charge in [-0.25, -0.2) is 0 Å². The number of carboxylic acid groups (broad SMARTS) is 1. The topological polar surface area (TPSA) is 116 Å². The SMILES string of the molecule is COc1ccc(C2=CCN(CCC(N)(CCCCB(O)O)C(=O)O)CC2)cc1. The van der Waals surface area contributed by atoms with Crippen LogP contribution in [0.1, 0.15) is 37.7 Å². The molecule has 1 unspecified atom stereocenters. The van der Waals surface area contributed by atoms with Crippen LogP contribution in [-0.2, 0) is 4.79 Å². The summed E-state index contributed by atoms with van der Waals surface area (Å²) in [7, 11) is 0.300. The molecular weight excluding hydrogens is 359 g/mol. The second-order valence-electron chi connectivity index (χ2n) is 7.45. The molecule has 0 spiro atoms. The van der Waals surface area contributed by atoms with Crippen molar-refractivity contribution in [2.75, 3.05) is 26.7 Å². The fourth-order valence-corrected chi connectivity index (χ4v) is 3.45. The minimum atomic E-state index is -1.35. The number of carbonyl (C=O) groups is 1. The molecule has 1 atom stereocenters. The fraction of sp³-hybridized carbons (Fsp3) is 0.550. The minimum Gasteiger partial charge on any atom is -0.497 e. The van der Waals surface area contributed by atoms with Crippen LogP contribution in [0.3, 0.4) is 0 Å². The first-order chi connectivity index (χ1) is 13.3. The summed E-state index contributed by atoms with van der Waals surface area (Å²) >= 11 is 0. The van der Waals surface area contributed by atoms with Crippen LogP contribution in [0.2, 0.25) is 6.32 Å². The Morgan fingerprint density at radius 3 is 2.50 bits per heavy atom. The van der Waals surface area contributed by atoms with Gasteiger partial charge in [0.2, 0.25) is 0 Å². The second kappa shape index (κ2) is 10.6. The third kappa shape index (κ3) is 6.63. The highest BCUT2D eigenvalue weighted by molar-refractivity contribution is 6.40. The molecule has 1 heterocycles. The molecule has 0 saturated carbocycles. The highest BCUT2D eigenvalue weighted by atomic mass is 16.5. The van der Waals surface area contributed by atoms with E-state index in [4.69, 9.17) is 20.5 Å². The summed E-state index contributed by atoms with van der Waals surface area (Å²) in [5.41, 5.74) is 7.34. The second-order valence-corrected chi connectivity index (χ2v) is 7.45. The number of rotatable bonds is 11. The zero-order valence-electron chi connectivity index (χ0n) is 16.5. The molecule has 0 aromatic heterocycles. The Morgan fingerprint density at radius 1 is 1.25 bits per heavy atom. The number of nitrogens with zero attached hydrogens (tertiary/aromatic N) is 1. The predicted octanol–water partition coefficient (Wildman–Crippen LogP) is 1.60. The number of unbranched alkanes of at least 4 members (excludes halogenated alkanes) is 1. The van der Waals surface area contributed by atoms with Crippen molar-refractivity contribution in [1.82, 2.24) is 4.90 Å². The summed E-state index contributed by atoms with van der Waals surface area (Å²) in [6, 6.07) is 8.01. The number of nitrogens with two attached hydrogens (primary N) is 1. The van der Waals surface area contributed by atoms with Crippen molar-refractivity contribution in [3.8, 4) is 5.75 Å². The van der Waals surface area contributed by atoms with E-state index in [1.807, 2.05) is 12.1 Å². The molecule has 154 valence electrons. The highest BCUT2D eigenvalue weighted by Gasteiger charge is 2.33. The molecule has 1 aromatic rings. The zero-order valence-corrected chi connectivity index (χ0v) is 16.5. The molecule has 0 aliphatic carbocycles. The lowest BCUT2D eigenvalue weighted by molar-refractivity contribution is -0.144. The molecule has 1 aromatic carbocycles. The summed E-state index contributed by atoms with van der Waals surface area (Å²) in [4.78, 5) is 13.9. The van der Waals surface area contributed by atoms with Crippen LogP contribution >= 0.6 is 0 Å². The molecule has 28 heavy (non-hydrogen) atoms. The van der Waals surface area contributed by atoms with Gasteiger partial charge in [0.05, 0.1) is 7.11 Å². The lowest BCUT2D eigenvalue weighted by atomic mass is 9.81. The molecule has 7 nitrogen and oxygen atoms in total. The van der Waals surface area contributed by atoms with Crippen molar-refractivity contribution in [2.45, 2.75) is 44.0 Å². The van der Waals surface area contributed by atoms with E-state index < -0.39 is 18.6 Å². The molecule has 0 bridgehead atoms. The van der Waals surface area contributed by atoms with Crippen LogP contribution in [0, 0.1) is 0 Å². The molecule has 0 fully saturated rings. The average Bonchev–Trinajstić information content (AvgIpc) is 2.70. The van der Waals surface area contributed by atoms with E-state index in [0.29, 0.717) is 32.2 Å². The fourth-order valence-electron chi connectivity index (χ4n) is 3.45. The molecule has 8 heteroatoms. The van der Waals surface area contributed by atoms with Gasteiger partial charge in [-0.1, -0.05) is 31.1 Å². The number of aliphatic carboxylic acids is 1. The first kappa shape index (κ1) is 22.4. The quantitative estimate of drug-likeness (QED) is 0.335. The van der Waals surface area contributed by atoms with Crippen LogP contribution in [-0.4, -0.2) is 65.4 Å². The molecular formula is C20H31BN2O5. The number of benzene rings is 1. The lowest BCUT2D eigenvalue weighted by Gasteiger charge is -2.31. The maximum atomic E-state index is 11.6. The Kier molecular flexibility index (Phi) is 8.50. The van der Waals surface area contributed by atoms with Gasteiger partial charge in [0.15, 0.2) is 0 Å². The zero-order chi connectivity index (χ0) is 20.6. The molecule has 5 N–H and O–H groups in total. The standard InChI is InChI=1S/C20H31BN2O5/c1-28-18-6-4-16(5-7-18)17-8-13-23(14-9-17)15-11-20(22,19(24)25)10-2-3-12-21(26)27/h4-8,26-27H,2-3,9-15,22H2,1H3,(H,24,25). The van der Waals surface area contributed by atoms with E-state index in [2.05, 4.69) is 23.1 Å². The van der Waals surface area contributed by atoms with Crippen LogP contribution in [0.15, 0.2) is 30.3 Å². The van der Waals surface area contributed by atoms with Gasteiger partial charge < -0.3 is 25.6 Å². The first-order valence-corrected chi connectivity index (χ1v) is 9.78. The highest BCUT2D eigenvalue weighted by Crippen LogP contribution is 2.25. The van der Waals surface area contributed by atoms with E-state index in [0.717, 1.165) is 25.3 Å². The predicted molar refractivity (Wildman–Crippen MR) is 110 cm³/mol. The van der Waals surface area contributed by atoms with Gasteiger partial charge in [-0.05, 0) is 48.9 Å². The van der Waals surface area contributed by atoms with E-state index in [-0.39, 0.29) is 6.32 Å². The van der Waals surface area contributed by atoms with Crippen molar-refractivity contribution >= 4 is 18.7 Å². The van der Waals surface area contributed by atoms with Gasteiger partial charge in [0.1, 0.15) is 11.3 Å². The van der Waals surface area contributed by atoms with Crippen molar-refractivity contribution < 1.29 is 24.7 Å². The van der Waals surface area contributed by atoms with E-state index in [9.17, 15) is 9.90 Å². The van der Waals surface area contributed by atoms with Crippen LogP contribution < -0.4 is 10.5 Å². The summed E-state index contributed by atoms with van der Waals surface area (Å²) in [5.74, 6) is -0.160. The Hall–Kier alpha value is -1.87. The number of ether oxygens (including phenoxy) is 1. The number of hydrogen-bond acceptors (Lipinski definition) is 6. The number of carboxylic acids is 1. The van der Waals surface area contributed by atoms with Crippen LogP contribution in [0.5, 0.6) is 5.75 Å². The smallest absolute Gasteiger partial charge is 0.451 e. The van der Waals surface area contributed by atoms with E-state index in [1.54, 1.807) is 7.11 Å². The third-order valence-corrected chi connectivity index (χ3v) is 5.39. The summed E-state index contributed by atoms with van der Waals surface area (Å²) in [5, 5.41) is 27.3. The van der Waals surface area contributed by atoms with Crippen molar-refractivity contribution in [3.63, 3.8) is 0 Å². The summed E-state index contributed by atoms with van der Waals surface area (Å²) in [6.45, 7) is 2.26. The number of hydrogen-bond donors (Lipinski definition) is 4. The van der Waals surface area contributed by atoms with Crippen molar-refractivity contribution in [2.24, 2.45) is 5.73 Å². The Labute approximate surface area is 166 Å². The number of methoxy groups -OCH3 is 1. The lowest BCUT2D eigenvalue weighted by Crippen LogP contribution is -2.50. The van der Waals surface area contributed by atoms with Crippen molar-refractivity contribution in [1.29, 1.82) is 0 Å². The van der Waals surface area contributed by atoms with Crippen LogP contribution in [0.25, 0.3) is 5.57 Å². The molecule has 1 aliphatic heterocycles. The van der Waals surface area contributed by atoms with Gasteiger partial charge in [0.25, 0.3) is 0 Å². The largest absolute Gasteiger partial charge is 0.497 e. The summed E-state index contributed by atoms with van der Waals surface area (Å²) < 4.78 is 5.19. The Bertz CT molecular complexity index is 665. The van der Waals surface area contributed by atoms with Crippen LogP contribution in [0.4, 0.5) is 0 Å². The van der Waals surface area contributed by atoms with Crippen molar-refractivity contribution in [3.05, 3.63) is 35.9 Å². The maximum Gasteiger partial charge on any atom is 0.451 e. The molecule has 0 amide bonds. The molecule has 0 saturated heterocycles. The first-order valence-electron chi connectivity index (χ1n) is 9.78. The van der Waals surface area contributed by atoms with Gasteiger partial charge in [-0.15, -0.1) is 0 Å². The monoisotopic (exact) mass is 390 g/mol. The normalized spacial score (nSPS) is 16.9. The maximum absolute atomic E-state index is 11.6. The summed E-state index contributed by atoms with van der Waals surface area (Å²) in [6.07, 6.45) is 5.13. The molecule has 1 aliphatic rings. The minimum absolute atomic E-state index is 0.237. The Morgan fingerprint density at radius 2 is 1.96 bits per heavy atom. The van der Waals surface area contributed by atoms with Gasteiger partial charge in [0, 0.05) is 19.6 Å². The van der Waals surface area contributed by atoms with E-state index >= 15 is 0 Å². The van der Waals surface area contributed by atoms with E-state index in [1.165, 1.54) is 11.1 Å². The van der Waals surface area contributed by atoms with Gasteiger partial charge >= 0.3 is 13.1 Å². The van der Waals surface area contributed by atoms with Gasteiger partial charge in [-0.2, -0.15) is 0 Å². The third-order valence-electron chi connectivity index (χ3n) is 5.39. The Balaban J connectivity index is 1.84. The molecule has 0 radical (unpaired) electrons. The molecule has 2 rings (SSSR count).